The molecule has 0 bridgehead atoms. The van der Waals surface area contributed by atoms with E-state index < -0.39 is 17.5 Å². The predicted octanol–water partition coefficient (Wildman–Crippen LogP) is 3.59. The van der Waals surface area contributed by atoms with Gasteiger partial charge in [-0.15, -0.1) is 0 Å². The Bertz CT molecular complexity index is 1430. The summed E-state index contributed by atoms with van der Waals surface area (Å²) >= 11 is 0. The van der Waals surface area contributed by atoms with E-state index in [-0.39, 0.29) is 17.5 Å². The summed E-state index contributed by atoms with van der Waals surface area (Å²) in [4.78, 5) is 48.4. The summed E-state index contributed by atoms with van der Waals surface area (Å²) in [6.45, 7) is 4.56. The summed E-state index contributed by atoms with van der Waals surface area (Å²) in [5, 5.41) is 18.9. The van der Waals surface area contributed by atoms with Gasteiger partial charge in [0, 0.05) is 62.3 Å². The molecule has 2 fully saturated rings. The monoisotopic (exact) mass is 586 g/mol. The van der Waals surface area contributed by atoms with Crippen molar-refractivity contribution in [2.75, 3.05) is 41.7 Å². The fourth-order valence-corrected chi connectivity index (χ4v) is 5.96. The van der Waals surface area contributed by atoms with Gasteiger partial charge < -0.3 is 36.6 Å². The Balaban J connectivity index is 1.23. The number of carbonyl (C=O) groups is 3. The van der Waals surface area contributed by atoms with Gasteiger partial charge in [0.15, 0.2) is 0 Å². The number of carboxylic acid groups (broad SMARTS) is 1. The van der Waals surface area contributed by atoms with Gasteiger partial charge in [0.2, 0.25) is 11.9 Å². The second-order valence-electron chi connectivity index (χ2n) is 11.3. The maximum Gasteiger partial charge on any atom is 0.405 e. The first kappa shape index (κ1) is 29.6. The molecule has 12 nitrogen and oxygen atoms in total. The summed E-state index contributed by atoms with van der Waals surface area (Å²) in [6, 6.07) is 17.7. The Morgan fingerprint density at radius 2 is 1.67 bits per heavy atom. The second-order valence-corrected chi connectivity index (χ2v) is 11.3. The van der Waals surface area contributed by atoms with Crippen molar-refractivity contribution in [2.24, 2.45) is 5.73 Å². The van der Waals surface area contributed by atoms with Crippen LogP contribution in [0.1, 0.15) is 48.5 Å². The van der Waals surface area contributed by atoms with E-state index >= 15 is 0 Å². The van der Waals surface area contributed by atoms with Gasteiger partial charge in [0.25, 0.3) is 5.91 Å². The van der Waals surface area contributed by atoms with Crippen molar-refractivity contribution in [1.29, 1.82) is 0 Å². The molecule has 43 heavy (non-hydrogen) atoms. The molecule has 2 aromatic carbocycles. The molecule has 0 radical (unpaired) electrons. The molecule has 0 unspecified atom stereocenters. The van der Waals surface area contributed by atoms with Crippen LogP contribution in [0.3, 0.4) is 0 Å². The molecule has 1 saturated heterocycles. The number of carbonyl (C=O) groups excluding carboxylic acids is 2. The molecule has 2 heterocycles. The minimum absolute atomic E-state index is 0.0249. The number of hydrogen-bond acceptors (Lipinski definition) is 8. The molecular formula is C31H38N8O4. The lowest BCUT2D eigenvalue weighted by molar-refractivity contribution is -0.129. The van der Waals surface area contributed by atoms with Crippen LogP contribution in [0.5, 0.6) is 0 Å². The van der Waals surface area contributed by atoms with Crippen molar-refractivity contribution in [3.8, 4) is 0 Å². The molecule has 12 heteroatoms. The lowest BCUT2D eigenvalue weighted by Gasteiger charge is -2.40. The normalized spacial score (nSPS) is 20.3. The van der Waals surface area contributed by atoms with Crippen LogP contribution in [0.15, 0.2) is 60.8 Å². The van der Waals surface area contributed by atoms with Crippen LogP contribution in [0.2, 0.25) is 0 Å². The number of rotatable bonds is 9. The van der Waals surface area contributed by atoms with Gasteiger partial charge >= 0.3 is 6.09 Å². The molecule has 226 valence electrons. The average Bonchev–Trinajstić information content (AvgIpc) is 2.99. The zero-order chi connectivity index (χ0) is 30.4. The fraction of sp³-hybridized carbons (Fsp3) is 0.387. The lowest BCUT2D eigenvalue weighted by Crippen LogP contribution is -2.53. The molecule has 3 aromatic rings. The quantitative estimate of drug-likeness (QED) is 0.252. The Kier molecular flexibility index (Phi) is 8.93. The Morgan fingerprint density at radius 3 is 2.28 bits per heavy atom. The first-order valence-corrected chi connectivity index (χ1v) is 14.6. The Hall–Kier alpha value is -4.87. The third-order valence-corrected chi connectivity index (χ3v) is 8.31. The van der Waals surface area contributed by atoms with Crippen molar-refractivity contribution in [3.63, 3.8) is 0 Å². The van der Waals surface area contributed by atoms with E-state index in [0.29, 0.717) is 57.0 Å². The van der Waals surface area contributed by atoms with E-state index in [1.807, 2.05) is 59.5 Å². The van der Waals surface area contributed by atoms with Gasteiger partial charge in [-0.05, 0) is 61.9 Å². The van der Waals surface area contributed by atoms with Crippen LogP contribution >= 0.6 is 0 Å². The third-order valence-electron chi connectivity index (χ3n) is 8.31. The van der Waals surface area contributed by atoms with Crippen molar-refractivity contribution in [1.82, 2.24) is 20.2 Å². The Labute approximate surface area is 250 Å². The standard InChI is InChI=1S/C31H38N8O4/c1-21(40)38-15-17-39(18-16-38)25-9-7-23(8-10-25)35-29-33-20-26(27(32)41)28(36-29)34-24-11-13-31(14-12-24,37-30(42)43)19-22-5-3-2-4-6-22/h2-10,20,24,37H,11-19H2,1H3,(H2,32,41)(H,42,43)(H2,33,34,35,36). The predicted molar refractivity (Wildman–Crippen MR) is 165 cm³/mol. The highest BCUT2D eigenvalue weighted by atomic mass is 16.4. The van der Waals surface area contributed by atoms with E-state index in [1.165, 1.54) is 6.20 Å². The molecular weight excluding hydrogens is 548 g/mol. The number of anilines is 4. The van der Waals surface area contributed by atoms with Crippen molar-refractivity contribution in [2.45, 2.75) is 50.6 Å². The highest BCUT2D eigenvalue weighted by Gasteiger charge is 2.37. The highest BCUT2D eigenvalue weighted by molar-refractivity contribution is 5.97. The molecule has 0 atom stereocenters. The molecule has 6 N–H and O–H groups in total. The summed E-state index contributed by atoms with van der Waals surface area (Å²) in [6.07, 6.45) is 3.61. The molecule has 1 aliphatic heterocycles. The molecule has 1 saturated carbocycles. The van der Waals surface area contributed by atoms with E-state index in [1.54, 1.807) is 6.92 Å². The van der Waals surface area contributed by atoms with Gasteiger partial charge in [0.05, 0.1) is 5.56 Å². The number of nitrogens with zero attached hydrogens (tertiary/aromatic N) is 4. The number of hydrogen-bond donors (Lipinski definition) is 5. The van der Waals surface area contributed by atoms with Gasteiger partial charge in [-0.25, -0.2) is 9.78 Å². The number of primary amides is 1. The zero-order valence-electron chi connectivity index (χ0n) is 24.3. The fourth-order valence-electron chi connectivity index (χ4n) is 5.96. The summed E-state index contributed by atoms with van der Waals surface area (Å²) in [7, 11) is 0. The summed E-state index contributed by atoms with van der Waals surface area (Å²) < 4.78 is 0. The van der Waals surface area contributed by atoms with Crippen molar-refractivity contribution >= 4 is 41.0 Å². The van der Waals surface area contributed by atoms with Gasteiger partial charge in [0.1, 0.15) is 5.82 Å². The maximum absolute atomic E-state index is 12.2. The molecule has 5 rings (SSSR count). The van der Waals surface area contributed by atoms with Crippen LogP contribution in [0.4, 0.5) is 27.9 Å². The number of aromatic nitrogens is 2. The number of nitrogens with one attached hydrogen (secondary N) is 3. The third kappa shape index (κ3) is 7.51. The van der Waals surface area contributed by atoms with Gasteiger partial charge in [-0.2, -0.15) is 4.98 Å². The second kappa shape index (κ2) is 13.0. The molecule has 1 aromatic heterocycles. The van der Waals surface area contributed by atoms with E-state index in [9.17, 15) is 19.5 Å². The minimum Gasteiger partial charge on any atom is -0.465 e. The molecule has 2 aliphatic rings. The molecule has 1 aliphatic carbocycles. The van der Waals surface area contributed by atoms with Gasteiger partial charge in [-0.1, -0.05) is 30.3 Å². The number of piperazine rings is 1. The van der Waals surface area contributed by atoms with Crippen molar-refractivity contribution < 1.29 is 19.5 Å². The smallest absolute Gasteiger partial charge is 0.405 e. The number of amides is 3. The maximum atomic E-state index is 12.2. The number of nitrogens with two attached hydrogens (primary N) is 1. The molecule has 0 spiro atoms. The van der Waals surface area contributed by atoms with Crippen LogP contribution in [-0.4, -0.2) is 75.6 Å². The Morgan fingerprint density at radius 1 is 1.00 bits per heavy atom. The number of benzene rings is 2. The summed E-state index contributed by atoms with van der Waals surface area (Å²) in [5.41, 5.74) is 8.19. The largest absolute Gasteiger partial charge is 0.465 e. The average molecular weight is 587 g/mol. The SMILES string of the molecule is CC(=O)N1CCN(c2ccc(Nc3ncc(C(N)=O)c(NC4CCC(Cc5ccccc5)(NC(=O)O)CC4)n3)cc2)CC1. The first-order valence-electron chi connectivity index (χ1n) is 14.6. The highest BCUT2D eigenvalue weighted by Crippen LogP contribution is 2.33. The van der Waals surface area contributed by atoms with E-state index in [2.05, 4.69) is 30.8 Å². The van der Waals surface area contributed by atoms with E-state index in [4.69, 9.17) is 5.73 Å². The lowest BCUT2D eigenvalue weighted by atomic mass is 9.75. The van der Waals surface area contributed by atoms with Crippen LogP contribution in [-0.2, 0) is 11.2 Å². The van der Waals surface area contributed by atoms with Crippen LogP contribution in [0, 0.1) is 0 Å². The van der Waals surface area contributed by atoms with Gasteiger partial charge in [-0.3, -0.25) is 9.59 Å². The van der Waals surface area contributed by atoms with E-state index in [0.717, 1.165) is 30.0 Å². The summed E-state index contributed by atoms with van der Waals surface area (Å²) in [5.74, 6) is 0.129. The minimum atomic E-state index is -1.03. The molecule has 3 amide bonds. The van der Waals surface area contributed by atoms with Crippen molar-refractivity contribution in [3.05, 3.63) is 71.9 Å². The topological polar surface area (TPSA) is 166 Å². The first-order chi connectivity index (χ1) is 20.7. The zero-order valence-corrected chi connectivity index (χ0v) is 24.3. The van der Waals surface area contributed by atoms with Crippen LogP contribution in [0.25, 0.3) is 0 Å². The van der Waals surface area contributed by atoms with Crippen LogP contribution < -0.4 is 26.6 Å².